The number of hydrogen-bond donors (Lipinski definition) is 3. The molecule has 3 N–H and O–H groups in total. The first-order chi connectivity index (χ1) is 14.1. The van der Waals surface area contributed by atoms with E-state index >= 15 is 0 Å². The molecule has 4 heteroatoms. The highest BCUT2D eigenvalue weighted by Gasteiger charge is 2.32. The third kappa shape index (κ3) is 9.95. The van der Waals surface area contributed by atoms with E-state index in [-0.39, 0.29) is 24.5 Å². The van der Waals surface area contributed by atoms with E-state index < -0.39 is 5.97 Å². The van der Waals surface area contributed by atoms with Crippen molar-refractivity contribution in [2.75, 3.05) is 0 Å². The molecule has 0 amide bonds. The van der Waals surface area contributed by atoms with Gasteiger partial charge in [0.25, 0.3) is 0 Å². The van der Waals surface area contributed by atoms with Gasteiger partial charge in [0.15, 0.2) is 0 Å². The summed E-state index contributed by atoms with van der Waals surface area (Å²) in [4.78, 5) is 10.5. The van der Waals surface area contributed by atoms with E-state index in [2.05, 4.69) is 12.2 Å². The van der Waals surface area contributed by atoms with Crippen molar-refractivity contribution < 1.29 is 20.1 Å². The average Bonchev–Trinajstić information content (AvgIpc) is 3.32. The van der Waals surface area contributed by atoms with Gasteiger partial charge in [-0.2, -0.15) is 0 Å². The first-order valence-electron chi connectivity index (χ1n) is 12.0. The van der Waals surface area contributed by atoms with Crippen LogP contribution in [0.3, 0.4) is 0 Å². The van der Waals surface area contributed by atoms with Crippen molar-refractivity contribution in [2.24, 2.45) is 17.8 Å². The largest absolute Gasteiger partial charge is 0.481 e. The Morgan fingerprint density at radius 2 is 1.79 bits per heavy atom. The fraction of sp³-hybridized carbons (Fsp3) is 0.800. The zero-order valence-corrected chi connectivity index (χ0v) is 18.1. The molecule has 0 aromatic heterocycles. The second-order valence-electron chi connectivity index (χ2n) is 9.21. The molecule has 29 heavy (non-hydrogen) atoms. The molecule has 2 saturated carbocycles. The molecule has 0 heterocycles. The average molecular weight is 407 g/mol. The van der Waals surface area contributed by atoms with Crippen molar-refractivity contribution in [3.8, 4) is 0 Å². The lowest BCUT2D eigenvalue weighted by atomic mass is 9.90. The van der Waals surface area contributed by atoms with E-state index in [0.717, 1.165) is 44.4 Å². The zero-order chi connectivity index (χ0) is 20.9. The monoisotopic (exact) mass is 406 g/mol. The van der Waals surface area contributed by atoms with Crippen LogP contribution >= 0.6 is 0 Å². The lowest BCUT2D eigenvalue weighted by molar-refractivity contribution is -0.137. The van der Waals surface area contributed by atoms with Crippen molar-refractivity contribution >= 4 is 5.97 Å². The fourth-order valence-corrected chi connectivity index (χ4v) is 5.02. The standard InChI is InChI=1S/C25H42O4/c26-22(13-5-3-4-10-20-11-8-9-12-20)18-16-21-17-19-24(27)23(21)14-6-1-2-7-15-25(28)29/h1,6,16,18,20-24,26-27H,2-5,7-15,17,19H2,(H,28,29)/b6-1-,18-16+/t21-,22?,23+,24-/m0/s1. The normalized spacial score (nSPS) is 26.8. The van der Waals surface area contributed by atoms with Crippen LogP contribution in [0.5, 0.6) is 0 Å². The predicted molar refractivity (Wildman–Crippen MR) is 118 cm³/mol. The van der Waals surface area contributed by atoms with Crippen LogP contribution in [0, 0.1) is 17.8 Å². The van der Waals surface area contributed by atoms with Crippen molar-refractivity contribution in [3.05, 3.63) is 24.3 Å². The molecule has 4 atom stereocenters. The van der Waals surface area contributed by atoms with Crippen LogP contribution in [-0.2, 0) is 4.79 Å². The molecule has 4 nitrogen and oxygen atoms in total. The van der Waals surface area contributed by atoms with Gasteiger partial charge in [0.05, 0.1) is 12.2 Å². The second kappa shape index (κ2) is 14.0. The van der Waals surface area contributed by atoms with Gasteiger partial charge >= 0.3 is 5.97 Å². The highest BCUT2D eigenvalue weighted by atomic mass is 16.4. The smallest absolute Gasteiger partial charge is 0.303 e. The van der Waals surface area contributed by atoms with Crippen LogP contribution in [0.4, 0.5) is 0 Å². The summed E-state index contributed by atoms with van der Waals surface area (Å²) in [5.41, 5.74) is 0. The summed E-state index contributed by atoms with van der Waals surface area (Å²) in [6.45, 7) is 0. The SMILES string of the molecule is O=C(O)CCC/C=C\C[C@H]1[C@@H](O)CC[C@@H]1/C=C/C(O)CCCCCC1CCCC1. The molecule has 2 aliphatic rings. The van der Waals surface area contributed by atoms with Gasteiger partial charge in [-0.15, -0.1) is 0 Å². The zero-order valence-electron chi connectivity index (χ0n) is 18.1. The van der Waals surface area contributed by atoms with E-state index in [0.29, 0.717) is 12.3 Å². The minimum atomic E-state index is -0.748. The molecule has 2 aliphatic carbocycles. The molecule has 0 aromatic carbocycles. The molecule has 1 unspecified atom stereocenters. The molecule has 0 saturated heterocycles. The lowest BCUT2D eigenvalue weighted by Crippen LogP contribution is -2.17. The Morgan fingerprint density at radius 1 is 1.00 bits per heavy atom. The molecule has 166 valence electrons. The van der Waals surface area contributed by atoms with E-state index in [1.165, 1.54) is 44.9 Å². The minimum Gasteiger partial charge on any atom is -0.481 e. The van der Waals surface area contributed by atoms with Crippen molar-refractivity contribution in [3.63, 3.8) is 0 Å². The number of rotatable bonds is 14. The maximum atomic E-state index is 10.5. The topological polar surface area (TPSA) is 77.8 Å². The van der Waals surface area contributed by atoms with Gasteiger partial charge in [-0.3, -0.25) is 4.79 Å². The number of aliphatic carboxylic acids is 1. The molecular weight excluding hydrogens is 364 g/mol. The number of carboxylic acids is 1. The van der Waals surface area contributed by atoms with Gasteiger partial charge in [-0.25, -0.2) is 0 Å². The van der Waals surface area contributed by atoms with Crippen molar-refractivity contribution in [1.82, 2.24) is 0 Å². The van der Waals surface area contributed by atoms with E-state index in [4.69, 9.17) is 5.11 Å². The number of carboxylic acid groups (broad SMARTS) is 1. The summed E-state index contributed by atoms with van der Waals surface area (Å²) in [6, 6.07) is 0. The minimum absolute atomic E-state index is 0.209. The molecule has 2 rings (SSSR count). The highest BCUT2D eigenvalue weighted by Crippen LogP contribution is 2.36. The van der Waals surface area contributed by atoms with Crippen LogP contribution in [0.25, 0.3) is 0 Å². The van der Waals surface area contributed by atoms with E-state index in [1.807, 2.05) is 12.2 Å². The molecule has 0 aromatic rings. The van der Waals surface area contributed by atoms with E-state index in [9.17, 15) is 15.0 Å². The van der Waals surface area contributed by atoms with Gasteiger partial charge in [0, 0.05) is 6.42 Å². The summed E-state index contributed by atoms with van der Waals surface area (Å²) in [7, 11) is 0. The summed E-state index contributed by atoms with van der Waals surface area (Å²) in [5, 5.41) is 29.2. The third-order valence-electron chi connectivity index (χ3n) is 6.84. The lowest BCUT2D eigenvalue weighted by Gasteiger charge is -2.18. The summed E-state index contributed by atoms with van der Waals surface area (Å²) < 4.78 is 0. The Kier molecular flexibility index (Phi) is 11.6. The Morgan fingerprint density at radius 3 is 2.55 bits per heavy atom. The quantitative estimate of drug-likeness (QED) is 0.258. The van der Waals surface area contributed by atoms with Crippen LogP contribution in [-0.4, -0.2) is 33.5 Å². The Hall–Kier alpha value is -1.13. The molecule has 0 bridgehead atoms. The Bertz CT molecular complexity index is 507. The number of allylic oxidation sites excluding steroid dienone is 3. The van der Waals surface area contributed by atoms with Crippen molar-refractivity contribution in [2.45, 2.75) is 109 Å². The van der Waals surface area contributed by atoms with Crippen LogP contribution in [0.15, 0.2) is 24.3 Å². The number of hydrogen-bond acceptors (Lipinski definition) is 3. The second-order valence-corrected chi connectivity index (χ2v) is 9.21. The third-order valence-corrected chi connectivity index (χ3v) is 6.84. The predicted octanol–water partition coefficient (Wildman–Crippen LogP) is 5.63. The Labute approximate surface area is 177 Å². The van der Waals surface area contributed by atoms with Gasteiger partial charge in [-0.05, 0) is 56.3 Å². The van der Waals surface area contributed by atoms with Crippen LogP contribution in [0.1, 0.15) is 96.3 Å². The number of aliphatic hydroxyl groups excluding tert-OH is 2. The maximum absolute atomic E-state index is 10.5. The first kappa shape index (κ1) is 24.1. The highest BCUT2D eigenvalue weighted by molar-refractivity contribution is 5.66. The van der Waals surface area contributed by atoms with Crippen LogP contribution < -0.4 is 0 Å². The van der Waals surface area contributed by atoms with Crippen LogP contribution in [0.2, 0.25) is 0 Å². The van der Waals surface area contributed by atoms with Crippen molar-refractivity contribution in [1.29, 1.82) is 0 Å². The molecule has 0 spiro atoms. The maximum Gasteiger partial charge on any atom is 0.303 e. The van der Waals surface area contributed by atoms with Gasteiger partial charge in [-0.1, -0.05) is 75.7 Å². The van der Waals surface area contributed by atoms with E-state index in [1.54, 1.807) is 0 Å². The summed E-state index contributed by atoms with van der Waals surface area (Å²) in [5.74, 6) is 0.755. The first-order valence-corrected chi connectivity index (χ1v) is 12.0. The summed E-state index contributed by atoms with van der Waals surface area (Å²) in [6.07, 6.45) is 23.3. The molecule has 0 radical (unpaired) electrons. The molecule has 2 fully saturated rings. The van der Waals surface area contributed by atoms with Gasteiger partial charge < -0.3 is 15.3 Å². The summed E-state index contributed by atoms with van der Waals surface area (Å²) >= 11 is 0. The fourth-order valence-electron chi connectivity index (χ4n) is 5.02. The molecular formula is C25H42O4. The number of carbonyl (C=O) groups is 1. The van der Waals surface area contributed by atoms with Gasteiger partial charge in [0.2, 0.25) is 0 Å². The molecule has 0 aliphatic heterocycles. The number of aliphatic hydroxyl groups is 2. The number of unbranched alkanes of at least 4 members (excludes halogenated alkanes) is 3. The van der Waals surface area contributed by atoms with Gasteiger partial charge in [0.1, 0.15) is 0 Å². The Balaban J connectivity index is 1.60.